The molecule has 21 heavy (non-hydrogen) atoms. The third-order valence-electron chi connectivity index (χ3n) is 3.19. The summed E-state index contributed by atoms with van der Waals surface area (Å²) >= 11 is 0. The first-order valence-corrected chi connectivity index (χ1v) is 6.50. The van der Waals surface area contributed by atoms with Crippen molar-refractivity contribution >= 4 is 11.9 Å². The topological polar surface area (TPSA) is 106 Å². The van der Waals surface area contributed by atoms with Gasteiger partial charge in [-0.15, -0.1) is 0 Å². The number of carbonyl (C=O) groups is 2. The fourth-order valence-electron chi connectivity index (χ4n) is 1.99. The third-order valence-corrected chi connectivity index (χ3v) is 3.19. The quantitative estimate of drug-likeness (QED) is 0.874. The third kappa shape index (κ3) is 2.96. The Hall–Kier alpha value is -2.57. The van der Waals surface area contributed by atoms with E-state index >= 15 is 0 Å². The van der Waals surface area contributed by atoms with Crippen LogP contribution < -0.4 is 5.32 Å². The van der Waals surface area contributed by atoms with Crippen molar-refractivity contribution in [1.29, 1.82) is 0 Å². The molecule has 0 aliphatic heterocycles. The van der Waals surface area contributed by atoms with Gasteiger partial charge in [0, 0.05) is 24.6 Å². The van der Waals surface area contributed by atoms with Crippen LogP contribution in [0.25, 0.3) is 0 Å². The molecule has 7 nitrogen and oxygen atoms in total. The molecule has 2 N–H and O–H groups in total. The molecule has 2 aromatic rings. The molecule has 112 valence electrons. The Morgan fingerprint density at radius 3 is 2.57 bits per heavy atom. The SMILES string of the molecule is CCc1oc(C(=O)NCc2c(C)noc2C)cc1C(=O)O. The summed E-state index contributed by atoms with van der Waals surface area (Å²) in [6.07, 6.45) is 0.402. The molecule has 0 aromatic carbocycles. The number of hydrogen-bond acceptors (Lipinski definition) is 5. The Labute approximate surface area is 120 Å². The number of rotatable bonds is 5. The second-order valence-corrected chi connectivity index (χ2v) is 4.59. The predicted molar refractivity (Wildman–Crippen MR) is 72.2 cm³/mol. The van der Waals surface area contributed by atoms with Gasteiger partial charge in [0.25, 0.3) is 5.91 Å². The van der Waals surface area contributed by atoms with Crippen molar-refractivity contribution in [2.24, 2.45) is 0 Å². The highest BCUT2D eigenvalue weighted by atomic mass is 16.5. The van der Waals surface area contributed by atoms with Crippen LogP contribution in [-0.4, -0.2) is 22.1 Å². The molecular weight excluding hydrogens is 276 g/mol. The highest BCUT2D eigenvalue weighted by Gasteiger charge is 2.20. The summed E-state index contributed by atoms with van der Waals surface area (Å²) in [5.41, 5.74) is 1.51. The highest BCUT2D eigenvalue weighted by molar-refractivity contribution is 5.96. The summed E-state index contributed by atoms with van der Waals surface area (Å²) in [7, 11) is 0. The molecule has 2 heterocycles. The summed E-state index contributed by atoms with van der Waals surface area (Å²) in [5.74, 6) is -0.689. The van der Waals surface area contributed by atoms with Crippen molar-refractivity contribution in [2.45, 2.75) is 33.7 Å². The number of nitrogens with one attached hydrogen (secondary N) is 1. The van der Waals surface area contributed by atoms with Crippen LogP contribution in [0.3, 0.4) is 0 Å². The van der Waals surface area contributed by atoms with Crippen LogP contribution in [0.5, 0.6) is 0 Å². The number of hydrogen-bond donors (Lipinski definition) is 2. The number of furan rings is 1. The number of aromatic carboxylic acids is 1. The van der Waals surface area contributed by atoms with E-state index in [1.165, 1.54) is 6.07 Å². The van der Waals surface area contributed by atoms with Gasteiger partial charge in [-0.05, 0) is 13.8 Å². The van der Waals surface area contributed by atoms with Crippen LogP contribution in [0.2, 0.25) is 0 Å². The molecule has 2 rings (SSSR count). The van der Waals surface area contributed by atoms with E-state index in [-0.39, 0.29) is 23.6 Å². The molecule has 0 saturated carbocycles. The maximum Gasteiger partial charge on any atom is 0.339 e. The molecule has 0 aliphatic carbocycles. The number of aromatic nitrogens is 1. The molecule has 2 aromatic heterocycles. The van der Waals surface area contributed by atoms with Crippen molar-refractivity contribution in [3.05, 3.63) is 40.2 Å². The smallest absolute Gasteiger partial charge is 0.339 e. The zero-order chi connectivity index (χ0) is 15.6. The lowest BCUT2D eigenvalue weighted by Crippen LogP contribution is -2.22. The van der Waals surface area contributed by atoms with E-state index in [9.17, 15) is 9.59 Å². The molecule has 0 spiro atoms. The van der Waals surface area contributed by atoms with E-state index in [0.717, 1.165) is 5.56 Å². The minimum absolute atomic E-state index is 0.0139. The second kappa shape index (κ2) is 5.82. The van der Waals surface area contributed by atoms with Crippen LogP contribution in [0.4, 0.5) is 0 Å². The standard InChI is InChI=1S/C14H16N2O5/c1-4-11-9(14(18)19)5-12(20-11)13(17)15-6-10-7(2)16-21-8(10)3/h5H,4,6H2,1-3H3,(H,15,17)(H,18,19). The molecule has 0 atom stereocenters. The van der Waals surface area contributed by atoms with Gasteiger partial charge < -0.3 is 19.4 Å². The minimum atomic E-state index is -1.11. The van der Waals surface area contributed by atoms with Gasteiger partial charge in [0.1, 0.15) is 17.1 Å². The van der Waals surface area contributed by atoms with Crippen molar-refractivity contribution < 1.29 is 23.6 Å². The van der Waals surface area contributed by atoms with Gasteiger partial charge in [0.2, 0.25) is 0 Å². The molecule has 0 aliphatic rings. The monoisotopic (exact) mass is 292 g/mol. The largest absolute Gasteiger partial charge is 0.478 e. The van der Waals surface area contributed by atoms with Crippen LogP contribution in [0, 0.1) is 13.8 Å². The van der Waals surface area contributed by atoms with E-state index in [1.54, 1.807) is 20.8 Å². The molecule has 1 amide bonds. The second-order valence-electron chi connectivity index (χ2n) is 4.59. The molecule has 0 radical (unpaired) electrons. The fourth-order valence-corrected chi connectivity index (χ4v) is 1.99. The average Bonchev–Trinajstić information content (AvgIpc) is 3.01. The Morgan fingerprint density at radius 1 is 1.38 bits per heavy atom. The van der Waals surface area contributed by atoms with Crippen molar-refractivity contribution in [3.63, 3.8) is 0 Å². The predicted octanol–water partition coefficient (Wildman–Crippen LogP) is 2.08. The zero-order valence-electron chi connectivity index (χ0n) is 12.0. The maximum absolute atomic E-state index is 12.0. The zero-order valence-corrected chi connectivity index (χ0v) is 12.0. The highest BCUT2D eigenvalue weighted by Crippen LogP contribution is 2.17. The minimum Gasteiger partial charge on any atom is -0.478 e. The van der Waals surface area contributed by atoms with Crippen molar-refractivity contribution in [3.8, 4) is 0 Å². The molecule has 0 bridgehead atoms. The van der Waals surface area contributed by atoms with Crippen LogP contribution in [0.15, 0.2) is 15.0 Å². The average molecular weight is 292 g/mol. The number of amides is 1. The molecule has 0 saturated heterocycles. The summed E-state index contributed by atoms with van der Waals surface area (Å²) in [4.78, 5) is 23.1. The van der Waals surface area contributed by atoms with Crippen LogP contribution in [0.1, 0.15) is 50.6 Å². The summed E-state index contributed by atoms with van der Waals surface area (Å²) in [6, 6.07) is 1.24. The number of aryl methyl sites for hydroxylation is 3. The van der Waals surface area contributed by atoms with Gasteiger partial charge in [-0.2, -0.15) is 0 Å². The first-order chi connectivity index (χ1) is 9.93. The molecule has 7 heteroatoms. The Kier molecular flexibility index (Phi) is 4.11. The van der Waals surface area contributed by atoms with E-state index in [1.807, 2.05) is 0 Å². The Bertz CT molecular complexity index is 664. The van der Waals surface area contributed by atoms with E-state index in [4.69, 9.17) is 14.0 Å². The van der Waals surface area contributed by atoms with Crippen molar-refractivity contribution in [2.75, 3.05) is 0 Å². The van der Waals surface area contributed by atoms with E-state index in [2.05, 4.69) is 10.5 Å². The van der Waals surface area contributed by atoms with Crippen LogP contribution in [-0.2, 0) is 13.0 Å². The van der Waals surface area contributed by atoms with E-state index < -0.39 is 11.9 Å². The normalized spacial score (nSPS) is 10.6. The summed E-state index contributed by atoms with van der Waals surface area (Å²) in [6.45, 7) is 5.54. The Balaban J connectivity index is 2.12. The molecule has 0 unspecified atom stereocenters. The van der Waals surface area contributed by atoms with Crippen molar-refractivity contribution in [1.82, 2.24) is 10.5 Å². The summed E-state index contributed by atoms with van der Waals surface area (Å²) < 4.78 is 10.3. The lowest BCUT2D eigenvalue weighted by Gasteiger charge is -2.02. The number of nitrogens with zero attached hydrogens (tertiary/aromatic N) is 1. The number of carboxylic acid groups (broad SMARTS) is 1. The lowest BCUT2D eigenvalue weighted by molar-refractivity contribution is 0.0694. The number of carboxylic acids is 1. The van der Waals surface area contributed by atoms with Gasteiger partial charge >= 0.3 is 5.97 Å². The van der Waals surface area contributed by atoms with Gasteiger partial charge in [0.05, 0.1) is 5.69 Å². The number of carbonyl (C=O) groups excluding carboxylic acids is 1. The van der Waals surface area contributed by atoms with Crippen LogP contribution >= 0.6 is 0 Å². The first-order valence-electron chi connectivity index (χ1n) is 6.50. The lowest BCUT2D eigenvalue weighted by atomic mass is 10.2. The van der Waals surface area contributed by atoms with Gasteiger partial charge in [-0.3, -0.25) is 4.79 Å². The molecular formula is C14H16N2O5. The summed E-state index contributed by atoms with van der Waals surface area (Å²) in [5, 5.41) is 15.5. The maximum atomic E-state index is 12.0. The van der Waals surface area contributed by atoms with E-state index in [0.29, 0.717) is 17.9 Å². The Morgan fingerprint density at radius 2 is 2.10 bits per heavy atom. The first kappa shape index (κ1) is 14.8. The van der Waals surface area contributed by atoms with Gasteiger partial charge in [-0.1, -0.05) is 12.1 Å². The van der Waals surface area contributed by atoms with Gasteiger partial charge in [0.15, 0.2) is 5.76 Å². The fraction of sp³-hybridized carbons (Fsp3) is 0.357. The molecule has 0 fully saturated rings. The van der Waals surface area contributed by atoms with Gasteiger partial charge in [-0.25, -0.2) is 4.79 Å².